The van der Waals surface area contributed by atoms with Crippen LogP contribution in [-0.4, -0.2) is 14.1 Å². The largest absolute Gasteiger partial charge is 0.377 e. The molecule has 1 aliphatic rings. The fraction of sp³-hybridized carbons (Fsp3) is 0.571. The van der Waals surface area contributed by atoms with Crippen molar-refractivity contribution >= 4 is 18.1 Å². The maximum atomic E-state index is 2.31. The summed E-state index contributed by atoms with van der Waals surface area (Å²) in [6.45, 7) is 0. The molecule has 0 aromatic heterocycles. The molecule has 16 heavy (non-hydrogen) atoms. The fourth-order valence-corrected chi connectivity index (χ4v) is 2.65. The molecule has 0 N–H and O–H groups in total. The number of nitrogens with zero attached hydrogens (tertiary/aromatic N) is 1. The number of anilines is 1. The van der Waals surface area contributed by atoms with Gasteiger partial charge in [0.2, 0.25) is 0 Å². The molecular weight excluding hydrogens is 218 g/mol. The van der Waals surface area contributed by atoms with Crippen molar-refractivity contribution in [2.24, 2.45) is 0 Å². The van der Waals surface area contributed by atoms with Gasteiger partial charge in [0.25, 0.3) is 0 Å². The van der Waals surface area contributed by atoms with Gasteiger partial charge in [0.15, 0.2) is 0 Å². The van der Waals surface area contributed by atoms with Gasteiger partial charge in [-0.1, -0.05) is 37.5 Å². The topological polar surface area (TPSA) is 3.24 Å². The molecule has 0 saturated heterocycles. The quantitative estimate of drug-likeness (QED) is 0.747. The van der Waals surface area contributed by atoms with Crippen molar-refractivity contribution in [1.29, 1.82) is 0 Å². The van der Waals surface area contributed by atoms with Crippen LogP contribution in [0.25, 0.3) is 0 Å². The molecular formula is C14H22ClN. The Morgan fingerprint density at radius 3 is 2.25 bits per heavy atom. The highest BCUT2D eigenvalue weighted by molar-refractivity contribution is 5.85. The van der Waals surface area contributed by atoms with Crippen LogP contribution in [0.3, 0.4) is 0 Å². The maximum absolute atomic E-state index is 2.31. The Morgan fingerprint density at radius 2 is 1.62 bits per heavy atom. The first-order valence-electron chi connectivity index (χ1n) is 6.05. The molecule has 1 saturated carbocycles. The number of para-hydroxylation sites is 1. The second-order valence-corrected chi connectivity index (χ2v) is 4.79. The van der Waals surface area contributed by atoms with Gasteiger partial charge < -0.3 is 4.90 Å². The molecule has 0 aliphatic heterocycles. The molecule has 1 aromatic carbocycles. The number of benzene rings is 1. The van der Waals surface area contributed by atoms with E-state index < -0.39 is 0 Å². The molecule has 1 fully saturated rings. The van der Waals surface area contributed by atoms with Crippen LogP contribution >= 0.6 is 12.4 Å². The summed E-state index contributed by atoms with van der Waals surface area (Å²) in [4.78, 5) is 2.24. The first-order valence-corrected chi connectivity index (χ1v) is 6.05. The molecule has 0 amide bonds. The summed E-state index contributed by atoms with van der Waals surface area (Å²) < 4.78 is 0. The third-order valence-electron chi connectivity index (χ3n) is 3.46. The summed E-state index contributed by atoms with van der Waals surface area (Å²) in [5.41, 5.74) is 2.96. The normalized spacial score (nSPS) is 16.6. The monoisotopic (exact) mass is 239 g/mol. The highest BCUT2D eigenvalue weighted by Gasteiger charge is 2.18. The van der Waals surface area contributed by atoms with Crippen LogP contribution in [0.4, 0.5) is 5.69 Å². The van der Waals surface area contributed by atoms with Crippen LogP contribution in [0, 0.1) is 0 Å². The molecule has 2 heteroatoms. The molecule has 0 radical (unpaired) electrons. The second-order valence-electron chi connectivity index (χ2n) is 4.79. The van der Waals surface area contributed by atoms with Gasteiger partial charge in [-0.15, -0.1) is 12.4 Å². The van der Waals surface area contributed by atoms with Crippen molar-refractivity contribution in [3.05, 3.63) is 29.8 Å². The average Bonchev–Trinajstić information content (AvgIpc) is 2.30. The molecule has 1 nitrogen and oxygen atoms in total. The van der Waals surface area contributed by atoms with Crippen molar-refractivity contribution in [1.82, 2.24) is 0 Å². The third-order valence-corrected chi connectivity index (χ3v) is 3.46. The minimum Gasteiger partial charge on any atom is -0.377 e. The highest BCUT2D eigenvalue weighted by atomic mass is 35.5. The Labute approximate surface area is 105 Å². The van der Waals surface area contributed by atoms with Crippen molar-refractivity contribution in [3.63, 3.8) is 0 Å². The predicted molar refractivity (Wildman–Crippen MR) is 73.8 cm³/mol. The predicted octanol–water partition coefficient (Wildman–Crippen LogP) is 4.22. The SMILES string of the molecule is CN(C)c1ccccc1C1CCCCC1.Cl. The summed E-state index contributed by atoms with van der Waals surface area (Å²) in [7, 11) is 4.28. The Hall–Kier alpha value is -0.690. The van der Waals surface area contributed by atoms with E-state index in [-0.39, 0.29) is 12.4 Å². The van der Waals surface area contributed by atoms with Gasteiger partial charge in [0.1, 0.15) is 0 Å². The summed E-state index contributed by atoms with van der Waals surface area (Å²) in [6.07, 6.45) is 7.01. The Morgan fingerprint density at radius 1 is 1.00 bits per heavy atom. The first-order chi connectivity index (χ1) is 7.29. The first kappa shape index (κ1) is 13.4. The highest BCUT2D eigenvalue weighted by Crippen LogP contribution is 2.36. The molecule has 1 aromatic rings. The standard InChI is InChI=1S/C14H21N.ClH/c1-15(2)14-11-7-6-10-13(14)12-8-4-3-5-9-12;/h6-7,10-12H,3-5,8-9H2,1-2H3;1H. The van der Waals surface area contributed by atoms with E-state index in [9.17, 15) is 0 Å². The van der Waals surface area contributed by atoms with Crippen molar-refractivity contribution in [2.75, 3.05) is 19.0 Å². The van der Waals surface area contributed by atoms with Gasteiger partial charge in [-0.3, -0.25) is 0 Å². The van der Waals surface area contributed by atoms with Crippen molar-refractivity contribution < 1.29 is 0 Å². The van der Waals surface area contributed by atoms with E-state index in [4.69, 9.17) is 0 Å². The third kappa shape index (κ3) is 2.91. The fourth-order valence-electron chi connectivity index (χ4n) is 2.65. The van der Waals surface area contributed by atoms with Gasteiger partial charge >= 0.3 is 0 Å². The van der Waals surface area contributed by atoms with Crippen LogP contribution in [0.2, 0.25) is 0 Å². The lowest BCUT2D eigenvalue weighted by Crippen LogP contribution is -2.14. The van der Waals surface area contributed by atoms with Gasteiger partial charge in [0, 0.05) is 19.8 Å². The summed E-state index contributed by atoms with van der Waals surface area (Å²) in [5, 5.41) is 0. The van der Waals surface area contributed by atoms with Gasteiger partial charge in [-0.05, 0) is 30.4 Å². The van der Waals surface area contributed by atoms with E-state index in [0.717, 1.165) is 5.92 Å². The van der Waals surface area contributed by atoms with Crippen molar-refractivity contribution in [3.8, 4) is 0 Å². The summed E-state index contributed by atoms with van der Waals surface area (Å²) in [5.74, 6) is 0.803. The lowest BCUT2D eigenvalue weighted by molar-refractivity contribution is 0.444. The summed E-state index contributed by atoms with van der Waals surface area (Å²) >= 11 is 0. The minimum atomic E-state index is 0. The Balaban J connectivity index is 0.00000128. The number of rotatable bonds is 2. The molecule has 90 valence electrons. The van der Waals surface area contributed by atoms with Crippen molar-refractivity contribution in [2.45, 2.75) is 38.0 Å². The minimum absolute atomic E-state index is 0. The van der Waals surface area contributed by atoms with E-state index in [0.29, 0.717) is 0 Å². The lowest BCUT2D eigenvalue weighted by atomic mass is 9.83. The van der Waals surface area contributed by atoms with Crippen LogP contribution < -0.4 is 4.90 Å². The Bertz CT molecular complexity index is 316. The molecule has 0 unspecified atom stereocenters. The van der Waals surface area contributed by atoms with E-state index in [2.05, 4.69) is 43.3 Å². The van der Waals surface area contributed by atoms with E-state index in [1.807, 2.05) is 0 Å². The molecule has 0 heterocycles. The van der Waals surface area contributed by atoms with Crippen LogP contribution in [0.15, 0.2) is 24.3 Å². The van der Waals surface area contributed by atoms with Crippen LogP contribution in [0.5, 0.6) is 0 Å². The zero-order valence-electron chi connectivity index (χ0n) is 10.3. The Kier molecular flexibility index (Phi) is 5.14. The van der Waals surface area contributed by atoms with E-state index in [1.165, 1.54) is 37.8 Å². The molecule has 1 aliphatic carbocycles. The van der Waals surface area contributed by atoms with Crippen LogP contribution in [-0.2, 0) is 0 Å². The molecule has 0 atom stereocenters. The number of halogens is 1. The average molecular weight is 240 g/mol. The molecule has 0 spiro atoms. The van der Waals surface area contributed by atoms with Gasteiger partial charge in [0.05, 0.1) is 0 Å². The van der Waals surface area contributed by atoms with Gasteiger partial charge in [-0.25, -0.2) is 0 Å². The van der Waals surface area contributed by atoms with E-state index in [1.54, 1.807) is 5.56 Å². The van der Waals surface area contributed by atoms with Gasteiger partial charge in [-0.2, -0.15) is 0 Å². The number of hydrogen-bond acceptors (Lipinski definition) is 1. The van der Waals surface area contributed by atoms with Crippen LogP contribution in [0.1, 0.15) is 43.6 Å². The molecule has 2 rings (SSSR count). The second kappa shape index (κ2) is 6.15. The lowest BCUT2D eigenvalue weighted by Gasteiger charge is -2.26. The maximum Gasteiger partial charge on any atom is 0.0396 e. The zero-order valence-corrected chi connectivity index (χ0v) is 11.1. The number of hydrogen-bond donors (Lipinski definition) is 0. The smallest absolute Gasteiger partial charge is 0.0396 e. The zero-order chi connectivity index (χ0) is 10.7. The molecule has 0 bridgehead atoms. The summed E-state index contributed by atoms with van der Waals surface area (Å²) in [6, 6.07) is 8.87. The van der Waals surface area contributed by atoms with E-state index >= 15 is 0 Å².